The molecule has 12 nitrogen and oxygen atoms in total. The Morgan fingerprint density at radius 1 is 1.26 bits per heavy atom. The van der Waals surface area contributed by atoms with Gasteiger partial charge in [-0.05, 0) is 36.8 Å². The number of alkyl carbamates (subject to hydrolysis) is 1. The molecule has 3 N–H and O–H groups in total. The number of piperazine rings is 1. The summed E-state index contributed by atoms with van der Waals surface area (Å²) in [6, 6.07) is 8.27. The summed E-state index contributed by atoms with van der Waals surface area (Å²) in [7, 11) is 0. The molecule has 2 aliphatic rings. The lowest BCUT2D eigenvalue weighted by atomic mass is 10.1. The zero-order valence-corrected chi connectivity index (χ0v) is 21.0. The van der Waals surface area contributed by atoms with Gasteiger partial charge in [0, 0.05) is 38.6 Å². The van der Waals surface area contributed by atoms with Gasteiger partial charge in [0.1, 0.15) is 11.9 Å². The minimum atomic E-state index is -0.603. The van der Waals surface area contributed by atoms with E-state index >= 15 is 4.39 Å². The van der Waals surface area contributed by atoms with Crippen LogP contribution in [0.2, 0.25) is 0 Å². The van der Waals surface area contributed by atoms with Gasteiger partial charge < -0.3 is 30.3 Å². The summed E-state index contributed by atoms with van der Waals surface area (Å²) in [5.74, 6) is -0.438. The monoisotopic (exact) mass is 530 g/mol. The SMILES string of the molecule is CCOC(=O)NCC1CN(c2ccc(N3CCN(C(=O)Cc4cccnc4)CC3)c(F)c2)C(=O)O1.NC=O. The van der Waals surface area contributed by atoms with E-state index in [2.05, 4.69) is 16.0 Å². The lowest BCUT2D eigenvalue weighted by molar-refractivity contribution is -0.130. The van der Waals surface area contributed by atoms with Crippen LogP contribution in [0.4, 0.5) is 25.4 Å². The summed E-state index contributed by atoms with van der Waals surface area (Å²) < 4.78 is 25.1. The van der Waals surface area contributed by atoms with E-state index in [0.717, 1.165) is 5.56 Å². The number of nitrogens with two attached hydrogens (primary N) is 1. The highest BCUT2D eigenvalue weighted by Gasteiger charge is 2.33. The molecule has 0 spiro atoms. The second-order valence-corrected chi connectivity index (χ2v) is 8.40. The molecule has 0 saturated carbocycles. The summed E-state index contributed by atoms with van der Waals surface area (Å²) in [5, 5.41) is 2.53. The van der Waals surface area contributed by atoms with Gasteiger partial charge in [0.05, 0.1) is 37.5 Å². The van der Waals surface area contributed by atoms with Crippen LogP contribution in [-0.2, 0) is 25.5 Å². The summed E-state index contributed by atoms with van der Waals surface area (Å²) in [4.78, 5) is 53.9. The topological polar surface area (TPSA) is 147 Å². The van der Waals surface area contributed by atoms with E-state index in [1.807, 2.05) is 11.0 Å². The van der Waals surface area contributed by atoms with Gasteiger partial charge in [-0.1, -0.05) is 6.07 Å². The number of nitrogens with one attached hydrogen (secondary N) is 1. The van der Waals surface area contributed by atoms with Crippen molar-refractivity contribution >= 4 is 35.9 Å². The normalized spacial score (nSPS) is 16.7. The van der Waals surface area contributed by atoms with Crippen LogP contribution in [0.25, 0.3) is 0 Å². The van der Waals surface area contributed by atoms with Gasteiger partial charge in [-0.15, -0.1) is 0 Å². The first kappa shape index (κ1) is 28.2. The van der Waals surface area contributed by atoms with Gasteiger partial charge in [0.25, 0.3) is 0 Å². The largest absolute Gasteiger partial charge is 0.450 e. The van der Waals surface area contributed by atoms with Crippen molar-refractivity contribution in [2.24, 2.45) is 5.73 Å². The highest BCUT2D eigenvalue weighted by molar-refractivity contribution is 5.90. The standard InChI is InChI=1S/C24H28FN5O5.CH3NO/c1-2-34-23(32)27-15-19-16-30(24(33)35-19)18-5-6-21(20(25)13-18)28-8-10-29(11-9-28)22(31)12-17-4-3-7-26-14-17;2-1-3/h3-7,13-14,19H,2,8-12,15-16H2,1H3,(H,27,32);1H,(H2,2,3). The number of rotatable bonds is 7. The van der Waals surface area contributed by atoms with Crippen LogP contribution in [0.3, 0.4) is 0 Å². The maximum absolute atomic E-state index is 15.0. The predicted molar refractivity (Wildman–Crippen MR) is 136 cm³/mol. The number of benzene rings is 1. The highest BCUT2D eigenvalue weighted by atomic mass is 19.1. The van der Waals surface area contributed by atoms with Crippen molar-refractivity contribution in [3.8, 4) is 0 Å². The first-order valence-corrected chi connectivity index (χ1v) is 12.1. The lowest BCUT2D eigenvalue weighted by Gasteiger charge is -2.36. The smallest absolute Gasteiger partial charge is 0.414 e. The number of hydrogen-bond donors (Lipinski definition) is 2. The van der Waals surface area contributed by atoms with Crippen molar-refractivity contribution in [3.05, 3.63) is 54.1 Å². The second-order valence-electron chi connectivity index (χ2n) is 8.40. The highest BCUT2D eigenvalue weighted by Crippen LogP contribution is 2.28. The molecule has 204 valence electrons. The lowest BCUT2D eigenvalue weighted by Crippen LogP contribution is -2.49. The molecule has 2 aromatic rings. The Balaban J connectivity index is 0.00000127. The Hall–Kier alpha value is -4.42. The van der Waals surface area contributed by atoms with Crippen molar-refractivity contribution in [2.75, 3.05) is 55.7 Å². The van der Waals surface area contributed by atoms with E-state index in [9.17, 15) is 14.4 Å². The van der Waals surface area contributed by atoms with Crippen LogP contribution in [0.1, 0.15) is 12.5 Å². The Morgan fingerprint density at radius 3 is 2.63 bits per heavy atom. The van der Waals surface area contributed by atoms with Crippen molar-refractivity contribution in [3.63, 3.8) is 0 Å². The number of halogens is 1. The molecule has 0 bridgehead atoms. The molecule has 1 aromatic carbocycles. The van der Waals surface area contributed by atoms with Crippen molar-refractivity contribution in [2.45, 2.75) is 19.4 Å². The molecule has 1 unspecified atom stereocenters. The van der Waals surface area contributed by atoms with E-state index in [1.54, 1.807) is 42.4 Å². The van der Waals surface area contributed by atoms with E-state index in [4.69, 9.17) is 14.3 Å². The molecule has 13 heteroatoms. The molecule has 1 atom stereocenters. The third-order valence-corrected chi connectivity index (χ3v) is 5.92. The number of hydrogen-bond acceptors (Lipinski definition) is 8. The minimum absolute atomic E-state index is 0.0213. The molecule has 3 heterocycles. The summed E-state index contributed by atoms with van der Waals surface area (Å²) in [6.45, 7) is 4.21. The van der Waals surface area contributed by atoms with E-state index in [0.29, 0.717) is 44.0 Å². The Morgan fingerprint density at radius 2 is 2.00 bits per heavy atom. The van der Waals surface area contributed by atoms with Crippen LogP contribution in [0, 0.1) is 5.82 Å². The Labute approximate surface area is 219 Å². The Kier molecular flexibility index (Phi) is 10.2. The number of carbonyl (C=O) groups excluding carboxylic acids is 4. The molecular weight excluding hydrogens is 499 g/mol. The van der Waals surface area contributed by atoms with E-state index in [-0.39, 0.29) is 32.0 Å². The summed E-state index contributed by atoms with van der Waals surface area (Å²) in [6.07, 6.45) is 2.14. The number of pyridine rings is 1. The van der Waals surface area contributed by atoms with E-state index in [1.165, 1.54) is 11.0 Å². The van der Waals surface area contributed by atoms with Crippen molar-refractivity contribution < 1.29 is 33.0 Å². The number of ether oxygens (including phenoxy) is 2. The average Bonchev–Trinajstić information content (AvgIpc) is 3.29. The minimum Gasteiger partial charge on any atom is -0.450 e. The average molecular weight is 531 g/mol. The van der Waals surface area contributed by atoms with Gasteiger partial charge >= 0.3 is 12.2 Å². The van der Waals surface area contributed by atoms with Gasteiger partial charge in [0.15, 0.2) is 0 Å². The van der Waals surface area contributed by atoms with Crippen molar-refractivity contribution in [1.82, 2.24) is 15.2 Å². The fourth-order valence-corrected chi connectivity index (χ4v) is 4.12. The summed E-state index contributed by atoms with van der Waals surface area (Å²) in [5.41, 5.74) is 5.82. The molecule has 38 heavy (non-hydrogen) atoms. The number of anilines is 2. The van der Waals surface area contributed by atoms with Gasteiger partial charge in [-0.2, -0.15) is 0 Å². The molecule has 1 aromatic heterocycles. The van der Waals surface area contributed by atoms with Crippen molar-refractivity contribution in [1.29, 1.82) is 0 Å². The quantitative estimate of drug-likeness (QED) is 0.509. The van der Waals surface area contributed by atoms with Gasteiger partial charge in [0.2, 0.25) is 12.3 Å². The molecule has 0 aliphatic carbocycles. The molecule has 0 radical (unpaired) electrons. The maximum Gasteiger partial charge on any atom is 0.414 e. The molecule has 4 rings (SSSR count). The molecule has 2 fully saturated rings. The number of carbonyl (C=O) groups is 4. The van der Waals surface area contributed by atoms with Gasteiger partial charge in [-0.25, -0.2) is 14.0 Å². The maximum atomic E-state index is 15.0. The van der Waals surface area contributed by atoms with Crippen LogP contribution < -0.4 is 20.9 Å². The zero-order valence-electron chi connectivity index (χ0n) is 21.0. The number of aromatic nitrogens is 1. The number of primary amides is 1. The number of amides is 4. The molecule has 2 saturated heterocycles. The number of nitrogens with zero attached hydrogens (tertiary/aromatic N) is 4. The van der Waals surface area contributed by atoms with Crippen LogP contribution in [-0.4, -0.2) is 86.4 Å². The third kappa shape index (κ3) is 7.54. The third-order valence-electron chi connectivity index (χ3n) is 5.92. The fourth-order valence-electron chi connectivity index (χ4n) is 4.12. The summed E-state index contributed by atoms with van der Waals surface area (Å²) >= 11 is 0. The van der Waals surface area contributed by atoms with E-state index < -0.39 is 24.1 Å². The first-order valence-electron chi connectivity index (χ1n) is 12.1. The van der Waals surface area contributed by atoms with Crippen LogP contribution >= 0.6 is 0 Å². The molecular formula is C25H31FN6O6. The number of cyclic esters (lactones) is 1. The fraction of sp³-hybridized carbons (Fsp3) is 0.400. The van der Waals surface area contributed by atoms with Crippen LogP contribution in [0.5, 0.6) is 0 Å². The Bertz CT molecular complexity index is 1110. The predicted octanol–water partition coefficient (Wildman–Crippen LogP) is 1.28. The molecule has 4 amide bonds. The zero-order chi connectivity index (χ0) is 27.5. The second kappa shape index (κ2) is 13.8. The molecule has 2 aliphatic heterocycles. The first-order chi connectivity index (χ1) is 18.4. The van der Waals surface area contributed by atoms with Gasteiger partial charge in [-0.3, -0.25) is 19.5 Å². The van der Waals surface area contributed by atoms with Crippen LogP contribution in [0.15, 0.2) is 42.7 Å².